The van der Waals surface area contributed by atoms with Crippen molar-refractivity contribution in [1.82, 2.24) is 0 Å². The highest BCUT2D eigenvalue weighted by Gasteiger charge is 2.24. The van der Waals surface area contributed by atoms with Gasteiger partial charge in [0.25, 0.3) is 0 Å². The van der Waals surface area contributed by atoms with Gasteiger partial charge in [-0.25, -0.2) is 4.39 Å². The van der Waals surface area contributed by atoms with E-state index in [1.54, 1.807) is 6.92 Å². The van der Waals surface area contributed by atoms with Crippen LogP contribution in [0.5, 0.6) is 5.75 Å². The minimum Gasteiger partial charge on any atom is -0.491 e. The molecule has 0 aromatic heterocycles. The molecule has 3 nitrogen and oxygen atoms in total. The van der Waals surface area contributed by atoms with E-state index in [2.05, 4.69) is 31.2 Å². The van der Waals surface area contributed by atoms with Gasteiger partial charge in [-0.15, -0.1) is 0 Å². The van der Waals surface area contributed by atoms with E-state index in [4.69, 9.17) is 14.2 Å². The fraction of sp³-hybridized carbons (Fsp3) is 0.478. The van der Waals surface area contributed by atoms with Crippen LogP contribution in [0.2, 0.25) is 0 Å². The molecule has 2 atom stereocenters. The molecule has 0 bridgehead atoms. The topological polar surface area (TPSA) is 27.7 Å². The third-order valence-corrected chi connectivity index (χ3v) is 5.03. The van der Waals surface area contributed by atoms with E-state index in [0.29, 0.717) is 6.61 Å². The molecule has 0 saturated carbocycles. The Kier molecular flexibility index (Phi) is 7.40. The molecule has 5 heteroatoms. The first-order valence-corrected chi connectivity index (χ1v) is 10.0. The molecule has 152 valence electrons. The van der Waals surface area contributed by atoms with Gasteiger partial charge in [-0.1, -0.05) is 37.6 Å². The van der Waals surface area contributed by atoms with E-state index in [9.17, 15) is 8.78 Å². The molecule has 3 rings (SSSR count). The average molecular weight is 390 g/mol. The maximum absolute atomic E-state index is 14.1. The van der Waals surface area contributed by atoms with E-state index in [1.807, 2.05) is 0 Å². The molecular formula is C23H28F2O3. The molecule has 1 aliphatic rings. The Bertz CT molecular complexity index is 753. The van der Waals surface area contributed by atoms with Gasteiger partial charge in [0.05, 0.1) is 32.0 Å². The number of hydrogen-bond donors (Lipinski definition) is 0. The molecule has 1 fully saturated rings. The van der Waals surface area contributed by atoms with Gasteiger partial charge in [-0.3, -0.25) is 0 Å². The van der Waals surface area contributed by atoms with Gasteiger partial charge >= 0.3 is 0 Å². The largest absolute Gasteiger partial charge is 0.491 e. The summed E-state index contributed by atoms with van der Waals surface area (Å²) in [5, 5.41) is 0. The Morgan fingerprint density at radius 3 is 2.43 bits per heavy atom. The Morgan fingerprint density at radius 2 is 1.79 bits per heavy atom. The Balaban J connectivity index is 1.50. The van der Waals surface area contributed by atoms with Crippen molar-refractivity contribution in [1.29, 1.82) is 0 Å². The van der Waals surface area contributed by atoms with Gasteiger partial charge in [-0.2, -0.15) is 4.39 Å². The lowest BCUT2D eigenvalue weighted by atomic mass is 9.98. The minimum absolute atomic E-state index is 0.0135. The summed E-state index contributed by atoms with van der Waals surface area (Å²) in [5.41, 5.74) is 2.71. The second-order valence-corrected chi connectivity index (χ2v) is 7.11. The van der Waals surface area contributed by atoms with Crippen LogP contribution in [0, 0.1) is 11.6 Å². The SMILES string of the molecule is CCCc1ccc(C2CCC(OCc3ccc(OCC)c(F)c3F)CO2)cc1. The molecule has 0 amide bonds. The molecule has 0 radical (unpaired) electrons. The first kappa shape index (κ1) is 20.7. The van der Waals surface area contributed by atoms with Crippen LogP contribution in [0.3, 0.4) is 0 Å². The number of hydrogen-bond acceptors (Lipinski definition) is 3. The normalized spacial score (nSPS) is 19.6. The molecule has 1 heterocycles. The van der Waals surface area contributed by atoms with Gasteiger partial charge in [0.1, 0.15) is 0 Å². The fourth-order valence-corrected chi connectivity index (χ4v) is 3.47. The predicted octanol–water partition coefficient (Wildman–Crippen LogP) is 5.75. The summed E-state index contributed by atoms with van der Waals surface area (Å²) in [5.74, 6) is -1.94. The quantitative estimate of drug-likeness (QED) is 0.574. The Hall–Kier alpha value is -1.98. The standard InChI is InChI=1S/C23H28F2O3/c1-3-5-16-6-8-17(9-7-16)20-13-11-19(15-28-20)27-14-18-10-12-21(26-4-2)23(25)22(18)24/h6-10,12,19-20H,3-5,11,13-15H2,1-2H3. The van der Waals surface area contributed by atoms with E-state index in [0.717, 1.165) is 25.7 Å². The Morgan fingerprint density at radius 1 is 1.00 bits per heavy atom. The fourth-order valence-electron chi connectivity index (χ4n) is 3.47. The number of benzene rings is 2. The van der Waals surface area contributed by atoms with Crippen molar-refractivity contribution in [2.24, 2.45) is 0 Å². The van der Waals surface area contributed by atoms with Crippen LogP contribution in [0.25, 0.3) is 0 Å². The monoisotopic (exact) mass is 390 g/mol. The van der Waals surface area contributed by atoms with E-state index < -0.39 is 11.6 Å². The minimum atomic E-state index is -0.963. The van der Waals surface area contributed by atoms with Crippen LogP contribution < -0.4 is 4.74 Å². The second kappa shape index (κ2) is 9.99. The van der Waals surface area contributed by atoms with Gasteiger partial charge in [-0.05, 0) is 49.4 Å². The van der Waals surface area contributed by atoms with Crippen molar-refractivity contribution in [3.8, 4) is 5.75 Å². The Labute approximate surface area is 165 Å². The highest BCUT2D eigenvalue weighted by atomic mass is 19.2. The number of ether oxygens (including phenoxy) is 3. The molecule has 1 aliphatic heterocycles. The highest BCUT2D eigenvalue weighted by molar-refractivity contribution is 5.30. The van der Waals surface area contributed by atoms with Crippen molar-refractivity contribution >= 4 is 0 Å². The highest BCUT2D eigenvalue weighted by Crippen LogP contribution is 2.30. The maximum Gasteiger partial charge on any atom is 0.200 e. The summed E-state index contributed by atoms with van der Waals surface area (Å²) in [6.07, 6.45) is 3.84. The zero-order valence-corrected chi connectivity index (χ0v) is 16.5. The van der Waals surface area contributed by atoms with E-state index in [1.165, 1.54) is 23.3 Å². The van der Waals surface area contributed by atoms with Crippen LogP contribution in [0.15, 0.2) is 36.4 Å². The summed E-state index contributed by atoms with van der Waals surface area (Å²) < 4.78 is 44.9. The number of halogens is 2. The molecule has 2 aromatic rings. The summed E-state index contributed by atoms with van der Waals surface area (Å²) in [4.78, 5) is 0. The number of rotatable bonds is 8. The van der Waals surface area contributed by atoms with Crippen LogP contribution >= 0.6 is 0 Å². The lowest BCUT2D eigenvalue weighted by Crippen LogP contribution is -2.27. The van der Waals surface area contributed by atoms with Crippen LogP contribution in [-0.2, 0) is 22.5 Å². The molecule has 0 spiro atoms. The number of aryl methyl sites for hydroxylation is 1. The molecule has 28 heavy (non-hydrogen) atoms. The van der Waals surface area contributed by atoms with Crippen LogP contribution in [-0.4, -0.2) is 19.3 Å². The summed E-state index contributed by atoms with van der Waals surface area (Å²) in [7, 11) is 0. The van der Waals surface area contributed by atoms with Gasteiger partial charge < -0.3 is 14.2 Å². The smallest absolute Gasteiger partial charge is 0.200 e. The molecule has 0 aliphatic carbocycles. The van der Waals surface area contributed by atoms with E-state index in [-0.39, 0.29) is 36.7 Å². The van der Waals surface area contributed by atoms with Crippen LogP contribution in [0.1, 0.15) is 55.9 Å². The first-order valence-electron chi connectivity index (χ1n) is 10.0. The molecule has 1 saturated heterocycles. The molecular weight excluding hydrogens is 362 g/mol. The van der Waals surface area contributed by atoms with Crippen molar-refractivity contribution in [2.45, 2.75) is 58.3 Å². The van der Waals surface area contributed by atoms with Gasteiger partial charge in [0.2, 0.25) is 5.82 Å². The summed E-state index contributed by atoms with van der Waals surface area (Å²) in [6.45, 7) is 4.65. The first-order chi connectivity index (χ1) is 13.6. The van der Waals surface area contributed by atoms with Crippen molar-refractivity contribution < 1.29 is 23.0 Å². The molecule has 2 unspecified atom stereocenters. The zero-order chi connectivity index (χ0) is 19.9. The molecule has 0 N–H and O–H groups in total. The maximum atomic E-state index is 14.1. The van der Waals surface area contributed by atoms with Crippen molar-refractivity contribution in [2.75, 3.05) is 13.2 Å². The van der Waals surface area contributed by atoms with Gasteiger partial charge in [0.15, 0.2) is 11.6 Å². The predicted molar refractivity (Wildman–Crippen MR) is 104 cm³/mol. The van der Waals surface area contributed by atoms with Gasteiger partial charge in [0, 0.05) is 5.56 Å². The second-order valence-electron chi connectivity index (χ2n) is 7.11. The molecule has 2 aromatic carbocycles. The lowest BCUT2D eigenvalue weighted by molar-refractivity contribution is -0.0925. The summed E-state index contributed by atoms with van der Waals surface area (Å²) in [6, 6.07) is 11.5. The summed E-state index contributed by atoms with van der Waals surface area (Å²) >= 11 is 0. The average Bonchev–Trinajstić information content (AvgIpc) is 2.72. The third kappa shape index (κ3) is 5.09. The third-order valence-electron chi connectivity index (χ3n) is 5.03. The van der Waals surface area contributed by atoms with E-state index >= 15 is 0 Å². The zero-order valence-electron chi connectivity index (χ0n) is 16.5. The lowest BCUT2D eigenvalue weighted by Gasteiger charge is -2.29. The van der Waals surface area contributed by atoms with Crippen molar-refractivity contribution in [3.05, 3.63) is 64.7 Å². The van der Waals surface area contributed by atoms with Crippen molar-refractivity contribution in [3.63, 3.8) is 0 Å². The van der Waals surface area contributed by atoms with Crippen LogP contribution in [0.4, 0.5) is 8.78 Å².